The molecule has 2 aliphatic heterocycles. The molecule has 2 saturated heterocycles. The SMILES string of the molecule is CCc1nc2c(cnn2CC)c(NC2CCOCC2)c1CNC(=O)c1cccc(C(=O)NCc2ccc(F)c(-c3cccc(CN4CCN(c5ccccc5)CC4)c3)c2)c1. The normalized spacial score (nSPS) is 14.9. The first-order valence-electron chi connectivity index (χ1n) is 21.1. The van der Waals surface area contributed by atoms with E-state index in [1.54, 1.807) is 36.4 Å². The van der Waals surface area contributed by atoms with Crippen LogP contribution in [0, 0.1) is 5.82 Å². The van der Waals surface area contributed by atoms with Gasteiger partial charge >= 0.3 is 0 Å². The molecule has 2 aliphatic rings. The monoisotopic (exact) mass is 808 g/mol. The van der Waals surface area contributed by atoms with E-state index in [-0.39, 0.29) is 36.8 Å². The number of nitrogens with zero attached hydrogens (tertiary/aromatic N) is 5. The molecule has 2 fully saturated rings. The van der Waals surface area contributed by atoms with E-state index in [0.29, 0.717) is 42.9 Å². The number of carbonyl (C=O) groups excluding carboxylic acids is 2. The third kappa shape index (κ3) is 9.35. The summed E-state index contributed by atoms with van der Waals surface area (Å²) in [5.41, 5.74) is 8.74. The first kappa shape index (κ1) is 40.7. The molecule has 12 heteroatoms. The highest BCUT2D eigenvalue weighted by Gasteiger charge is 2.23. The molecule has 0 saturated carbocycles. The lowest BCUT2D eigenvalue weighted by Crippen LogP contribution is -2.45. The summed E-state index contributed by atoms with van der Waals surface area (Å²) in [7, 11) is 0. The Hall–Kier alpha value is -6.11. The van der Waals surface area contributed by atoms with Gasteiger partial charge in [0.15, 0.2) is 5.65 Å². The third-order valence-corrected chi connectivity index (χ3v) is 11.6. The van der Waals surface area contributed by atoms with Gasteiger partial charge in [0.05, 0.1) is 17.3 Å². The second-order valence-corrected chi connectivity index (χ2v) is 15.6. The highest BCUT2D eigenvalue weighted by atomic mass is 19.1. The molecule has 4 aromatic carbocycles. The number of rotatable bonds is 14. The molecule has 4 heterocycles. The van der Waals surface area contributed by atoms with E-state index in [0.717, 1.165) is 90.2 Å². The van der Waals surface area contributed by atoms with Gasteiger partial charge < -0.3 is 25.6 Å². The molecule has 0 unspecified atom stereocenters. The predicted molar refractivity (Wildman–Crippen MR) is 235 cm³/mol. The Kier molecular flexibility index (Phi) is 12.8. The van der Waals surface area contributed by atoms with Gasteiger partial charge in [-0.2, -0.15) is 5.10 Å². The number of nitrogens with one attached hydrogen (secondary N) is 3. The fourth-order valence-corrected chi connectivity index (χ4v) is 8.26. The fraction of sp³-hybridized carbons (Fsp3) is 0.333. The Labute approximate surface area is 350 Å². The number of hydrogen-bond acceptors (Lipinski definition) is 8. The number of amides is 2. The van der Waals surface area contributed by atoms with Gasteiger partial charge in [-0.3, -0.25) is 14.5 Å². The van der Waals surface area contributed by atoms with Crippen LogP contribution >= 0.6 is 0 Å². The largest absolute Gasteiger partial charge is 0.381 e. The van der Waals surface area contributed by atoms with Gasteiger partial charge in [-0.15, -0.1) is 0 Å². The lowest BCUT2D eigenvalue weighted by atomic mass is 10.00. The minimum Gasteiger partial charge on any atom is -0.381 e. The number of halogens is 1. The Morgan fingerprint density at radius 2 is 1.53 bits per heavy atom. The van der Waals surface area contributed by atoms with E-state index in [1.165, 1.54) is 11.8 Å². The van der Waals surface area contributed by atoms with Crippen molar-refractivity contribution in [3.8, 4) is 11.1 Å². The van der Waals surface area contributed by atoms with Crippen LogP contribution in [-0.2, 0) is 37.3 Å². The van der Waals surface area contributed by atoms with Crippen molar-refractivity contribution in [3.63, 3.8) is 0 Å². The van der Waals surface area contributed by atoms with Crippen LogP contribution in [0.15, 0.2) is 103 Å². The molecule has 310 valence electrons. The van der Waals surface area contributed by atoms with Crippen LogP contribution in [0.2, 0.25) is 0 Å². The summed E-state index contributed by atoms with van der Waals surface area (Å²) >= 11 is 0. The summed E-state index contributed by atoms with van der Waals surface area (Å²) in [4.78, 5) is 36.9. The minimum absolute atomic E-state index is 0.195. The summed E-state index contributed by atoms with van der Waals surface area (Å²) in [6.07, 6.45) is 4.31. The molecule has 8 rings (SSSR count). The number of piperazine rings is 1. The average molecular weight is 809 g/mol. The van der Waals surface area contributed by atoms with E-state index >= 15 is 4.39 Å². The number of aryl methyl sites for hydroxylation is 2. The smallest absolute Gasteiger partial charge is 0.251 e. The molecule has 0 spiro atoms. The van der Waals surface area contributed by atoms with Crippen molar-refractivity contribution in [2.24, 2.45) is 0 Å². The zero-order chi connectivity index (χ0) is 41.4. The highest BCUT2D eigenvalue weighted by Crippen LogP contribution is 2.32. The topological polar surface area (TPSA) is 117 Å². The number of benzene rings is 4. The second-order valence-electron chi connectivity index (χ2n) is 15.6. The van der Waals surface area contributed by atoms with Gasteiger partial charge in [-0.25, -0.2) is 14.1 Å². The summed E-state index contributed by atoms with van der Waals surface area (Å²) in [5, 5.41) is 15.3. The van der Waals surface area contributed by atoms with Crippen molar-refractivity contribution in [3.05, 3.63) is 143 Å². The summed E-state index contributed by atoms with van der Waals surface area (Å²) in [6, 6.07) is 30.4. The van der Waals surface area contributed by atoms with Crippen LogP contribution in [0.25, 0.3) is 22.2 Å². The lowest BCUT2D eigenvalue weighted by molar-refractivity contribution is 0.0904. The Morgan fingerprint density at radius 1 is 0.800 bits per heavy atom. The van der Waals surface area contributed by atoms with Gasteiger partial charge in [0, 0.05) is 105 Å². The Morgan fingerprint density at radius 3 is 2.27 bits per heavy atom. The van der Waals surface area contributed by atoms with Crippen LogP contribution in [0.5, 0.6) is 0 Å². The fourth-order valence-electron chi connectivity index (χ4n) is 8.26. The van der Waals surface area contributed by atoms with E-state index in [4.69, 9.17) is 9.72 Å². The quantitative estimate of drug-likeness (QED) is 0.103. The third-order valence-electron chi connectivity index (χ3n) is 11.6. The molecule has 60 heavy (non-hydrogen) atoms. The average Bonchev–Trinajstić information content (AvgIpc) is 3.72. The van der Waals surface area contributed by atoms with Crippen molar-refractivity contribution in [2.75, 3.05) is 49.6 Å². The minimum atomic E-state index is -0.330. The van der Waals surface area contributed by atoms with E-state index in [2.05, 4.69) is 74.2 Å². The van der Waals surface area contributed by atoms with Crippen molar-refractivity contribution < 1.29 is 18.7 Å². The van der Waals surface area contributed by atoms with Crippen molar-refractivity contribution >= 4 is 34.2 Å². The molecule has 0 bridgehead atoms. The predicted octanol–water partition coefficient (Wildman–Crippen LogP) is 7.59. The maximum absolute atomic E-state index is 15.3. The number of carbonyl (C=O) groups is 2. The summed E-state index contributed by atoms with van der Waals surface area (Å²) in [5.74, 6) is -0.946. The number of aromatic nitrogens is 3. The maximum Gasteiger partial charge on any atom is 0.251 e. The van der Waals surface area contributed by atoms with E-state index in [1.807, 2.05) is 36.0 Å². The van der Waals surface area contributed by atoms with Crippen molar-refractivity contribution in [2.45, 2.75) is 65.3 Å². The van der Waals surface area contributed by atoms with Crippen LogP contribution in [0.4, 0.5) is 15.8 Å². The zero-order valence-electron chi connectivity index (χ0n) is 34.4. The molecular formula is C48H53FN8O3. The summed E-state index contributed by atoms with van der Waals surface area (Å²) in [6.45, 7) is 11.3. The van der Waals surface area contributed by atoms with E-state index < -0.39 is 0 Å². The number of pyridine rings is 1. The maximum atomic E-state index is 15.3. The van der Waals surface area contributed by atoms with Gasteiger partial charge in [0.2, 0.25) is 0 Å². The van der Waals surface area contributed by atoms with Crippen LogP contribution in [0.1, 0.15) is 69.8 Å². The molecule has 2 aromatic heterocycles. The van der Waals surface area contributed by atoms with Gasteiger partial charge in [0.1, 0.15) is 5.82 Å². The number of hydrogen-bond donors (Lipinski definition) is 3. The van der Waals surface area contributed by atoms with Crippen LogP contribution in [0.3, 0.4) is 0 Å². The first-order valence-corrected chi connectivity index (χ1v) is 21.1. The van der Waals surface area contributed by atoms with Gasteiger partial charge in [0.25, 0.3) is 11.8 Å². The molecule has 2 amide bonds. The van der Waals surface area contributed by atoms with Crippen molar-refractivity contribution in [1.82, 2.24) is 30.3 Å². The number of fused-ring (bicyclic) bond motifs is 1. The van der Waals surface area contributed by atoms with Crippen LogP contribution in [-0.4, -0.2) is 76.9 Å². The standard InChI is InChI=1S/C48H53FN8O3/c1-3-44-41(45(53-38-18-24-60-25-19-38)42-31-52-57(4-2)46(42)54-44)30-51-48(59)37-13-9-12-36(28-37)47(58)50-29-33-16-17-43(49)40(27-33)35-11-8-10-34(26-35)32-55-20-22-56(23-21-55)39-14-6-5-7-15-39/h5-17,26-28,31,38H,3-4,18-25,29-30,32H2,1-2H3,(H,50,58)(H,51,59)(H,53,54). The highest BCUT2D eigenvalue weighted by molar-refractivity contribution is 6.00. The lowest BCUT2D eigenvalue weighted by Gasteiger charge is -2.36. The molecule has 0 aliphatic carbocycles. The summed E-state index contributed by atoms with van der Waals surface area (Å²) < 4.78 is 22.8. The molecule has 11 nitrogen and oxygen atoms in total. The Balaban J connectivity index is 0.901. The van der Waals surface area contributed by atoms with Crippen LogP contribution < -0.4 is 20.9 Å². The van der Waals surface area contributed by atoms with Crippen molar-refractivity contribution in [1.29, 1.82) is 0 Å². The molecule has 3 N–H and O–H groups in total. The molecule has 0 atom stereocenters. The number of ether oxygens (including phenoxy) is 1. The number of para-hydroxylation sites is 1. The molecular weight excluding hydrogens is 756 g/mol. The second kappa shape index (κ2) is 18.9. The molecule has 0 radical (unpaired) electrons. The van der Waals surface area contributed by atoms with Gasteiger partial charge in [-0.05, 0) is 91.4 Å². The Bertz CT molecular complexity index is 2440. The number of anilines is 2. The first-order chi connectivity index (χ1) is 29.4. The van der Waals surface area contributed by atoms with E-state index in [9.17, 15) is 9.59 Å². The zero-order valence-corrected chi connectivity index (χ0v) is 34.4. The van der Waals surface area contributed by atoms with Gasteiger partial charge in [-0.1, -0.05) is 55.5 Å². The molecule has 6 aromatic rings.